The summed E-state index contributed by atoms with van der Waals surface area (Å²) in [5.74, 6) is 2.48. The lowest BCUT2D eigenvalue weighted by Crippen LogP contribution is -2.08. The highest BCUT2D eigenvalue weighted by atomic mass is 16.7. The summed E-state index contributed by atoms with van der Waals surface area (Å²) in [6.07, 6.45) is 19.2. The zero-order chi connectivity index (χ0) is 24.2. The molecule has 0 N–H and O–H groups in total. The maximum absolute atomic E-state index is 5.85. The zero-order valence-electron chi connectivity index (χ0n) is 21.6. The molecular formula is C27H46O6. The summed E-state index contributed by atoms with van der Waals surface area (Å²) < 4.78 is 33.0. The Bertz CT molecular complexity index is 644. The Balaban J connectivity index is 2.55. The molecular weight excluding hydrogens is 420 g/mol. The predicted octanol–water partition coefficient (Wildman–Crippen LogP) is 7.08. The predicted molar refractivity (Wildman–Crippen MR) is 134 cm³/mol. The standard InChI is InChI=1S/C27H46O6/c1-6-7-8-9-10-11-12-13-14-15-16-17-18-19-23-26(31-5)25(32-21-28-2)20-24(30-4)27(23)33-22-29-3/h9-10,20H,6-8,11-19,21-22H2,1-5H3/b10-9+. The van der Waals surface area contributed by atoms with Gasteiger partial charge in [0.15, 0.2) is 36.6 Å². The number of ether oxygens (including phenoxy) is 6. The first-order valence-electron chi connectivity index (χ1n) is 12.4. The van der Waals surface area contributed by atoms with Crippen molar-refractivity contribution in [1.29, 1.82) is 0 Å². The zero-order valence-corrected chi connectivity index (χ0v) is 21.6. The van der Waals surface area contributed by atoms with E-state index in [-0.39, 0.29) is 13.6 Å². The quantitative estimate of drug-likeness (QED) is 0.110. The minimum Gasteiger partial charge on any atom is -0.493 e. The number of benzene rings is 1. The Hall–Kier alpha value is -1.92. The number of hydrogen-bond donors (Lipinski definition) is 0. The first kappa shape index (κ1) is 29.1. The van der Waals surface area contributed by atoms with Crippen LogP contribution in [0.5, 0.6) is 23.0 Å². The van der Waals surface area contributed by atoms with Gasteiger partial charge < -0.3 is 28.4 Å². The van der Waals surface area contributed by atoms with Gasteiger partial charge in [0.25, 0.3) is 0 Å². The summed E-state index contributed by atoms with van der Waals surface area (Å²) in [5.41, 5.74) is 0.940. The highest BCUT2D eigenvalue weighted by Gasteiger charge is 2.22. The number of hydrogen-bond acceptors (Lipinski definition) is 6. The largest absolute Gasteiger partial charge is 0.493 e. The molecule has 0 aliphatic heterocycles. The molecule has 0 radical (unpaired) electrons. The molecule has 0 atom stereocenters. The van der Waals surface area contributed by atoms with Gasteiger partial charge in [0.1, 0.15) is 0 Å². The van der Waals surface area contributed by atoms with Crippen LogP contribution in [0.1, 0.15) is 83.1 Å². The Kier molecular flexibility index (Phi) is 17.2. The van der Waals surface area contributed by atoms with Gasteiger partial charge in [-0.25, -0.2) is 0 Å². The van der Waals surface area contributed by atoms with E-state index in [1.165, 1.54) is 57.8 Å². The third kappa shape index (κ3) is 11.7. The summed E-state index contributed by atoms with van der Waals surface area (Å²) in [5, 5.41) is 0. The normalized spacial score (nSPS) is 11.2. The van der Waals surface area contributed by atoms with E-state index in [1.54, 1.807) is 34.5 Å². The van der Waals surface area contributed by atoms with Crippen LogP contribution in [0.2, 0.25) is 0 Å². The van der Waals surface area contributed by atoms with Crippen molar-refractivity contribution < 1.29 is 28.4 Å². The highest BCUT2D eigenvalue weighted by molar-refractivity contribution is 5.61. The molecule has 0 unspecified atom stereocenters. The van der Waals surface area contributed by atoms with Crippen molar-refractivity contribution in [3.63, 3.8) is 0 Å². The van der Waals surface area contributed by atoms with Crippen molar-refractivity contribution in [1.82, 2.24) is 0 Å². The first-order chi connectivity index (χ1) is 16.2. The molecule has 0 bridgehead atoms. The van der Waals surface area contributed by atoms with Crippen LogP contribution in [-0.4, -0.2) is 42.0 Å². The van der Waals surface area contributed by atoms with Gasteiger partial charge in [-0.1, -0.05) is 64.0 Å². The molecule has 6 heteroatoms. The van der Waals surface area contributed by atoms with Crippen molar-refractivity contribution in [2.24, 2.45) is 0 Å². The van der Waals surface area contributed by atoms with Crippen LogP contribution in [0.4, 0.5) is 0 Å². The van der Waals surface area contributed by atoms with Crippen LogP contribution in [0.3, 0.4) is 0 Å². The Morgan fingerprint density at radius 3 is 1.85 bits per heavy atom. The van der Waals surface area contributed by atoms with E-state index in [0.29, 0.717) is 23.0 Å². The van der Waals surface area contributed by atoms with Gasteiger partial charge in [0.05, 0.1) is 14.2 Å². The number of allylic oxidation sites excluding steroid dienone is 2. The monoisotopic (exact) mass is 466 g/mol. The van der Waals surface area contributed by atoms with E-state index >= 15 is 0 Å². The van der Waals surface area contributed by atoms with Gasteiger partial charge in [-0.15, -0.1) is 0 Å². The summed E-state index contributed by atoms with van der Waals surface area (Å²) in [7, 11) is 6.45. The highest BCUT2D eigenvalue weighted by Crippen LogP contribution is 2.45. The van der Waals surface area contributed by atoms with E-state index in [1.807, 2.05) is 0 Å². The molecule has 1 aromatic rings. The van der Waals surface area contributed by atoms with Crippen LogP contribution in [-0.2, 0) is 15.9 Å². The van der Waals surface area contributed by atoms with E-state index in [9.17, 15) is 0 Å². The molecule has 0 saturated heterocycles. The van der Waals surface area contributed by atoms with Crippen LogP contribution in [0.25, 0.3) is 0 Å². The van der Waals surface area contributed by atoms with Crippen molar-refractivity contribution >= 4 is 0 Å². The number of unbranched alkanes of at least 4 members (excludes halogenated alkanes) is 9. The minimum absolute atomic E-state index is 0.131. The smallest absolute Gasteiger partial charge is 0.188 e. The van der Waals surface area contributed by atoms with Crippen molar-refractivity contribution in [2.45, 2.75) is 84.0 Å². The van der Waals surface area contributed by atoms with Crippen LogP contribution >= 0.6 is 0 Å². The fourth-order valence-corrected chi connectivity index (χ4v) is 3.76. The van der Waals surface area contributed by atoms with Crippen molar-refractivity contribution in [3.05, 3.63) is 23.8 Å². The van der Waals surface area contributed by atoms with E-state index < -0.39 is 0 Å². The fraction of sp³-hybridized carbons (Fsp3) is 0.704. The van der Waals surface area contributed by atoms with Crippen molar-refractivity contribution in [3.8, 4) is 23.0 Å². The molecule has 190 valence electrons. The molecule has 33 heavy (non-hydrogen) atoms. The lowest BCUT2D eigenvalue weighted by molar-refractivity contribution is 0.0444. The fourth-order valence-electron chi connectivity index (χ4n) is 3.76. The topological polar surface area (TPSA) is 55.4 Å². The summed E-state index contributed by atoms with van der Waals surface area (Å²) in [6.45, 7) is 2.51. The Morgan fingerprint density at radius 1 is 0.636 bits per heavy atom. The van der Waals surface area contributed by atoms with Crippen molar-refractivity contribution in [2.75, 3.05) is 42.0 Å². The maximum atomic E-state index is 5.85. The lowest BCUT2D eigenvalue weighted by atomic mass is 10.0. The number of methoxy groups -OCH3 is 4. The lowest BCUT2D eigenvalue weighted by Gasteiger charge is -2.20. The van der Waals surface area contributed by atoms with Gasteiger partial charge in [0.2, 0.25) is 0 Å². The third-order valence-electron chi connectivity index (χ3n) is 5.52. The minimum atomic E-state index is 0.131. The average molecular weight is 467 g/mol. The first-order valence-corrected chi connectivity index (χ1v) is 12.4. The molecule has 0 fully saturated rings. The second-order valence-electron chi connectivity index (χ2n) is 8.15. The summed E-state index contributed by atoms with van der Waals surface area (Å²) >= 11 is 0. The number of rotatable bonds is 21. The van der Waals surface area contributed by atoms with E-state index in [0.717, 1.165) is 24.8 Å². The van der Waals surface area contributed by atoms with Gasteiger partial charge in [0, 0.05) is 25.8 Å². The maximum Gasteiger partial charge on any atom is 0.188 e. The van der Waals surface area contributed by atoms with E-state index in [4.69, 9.17) is 28.4 Å². The van der Waals surface area contributed by atoms with Gasteiger partial charge >= 0.3 is 0 Å². The van der Waals surface area contributed by atoms with Gasteiger partial charge in [-0.05, 0) is 32.1 Å². The molecule has 1 aromatic carbocycles. The van der Waals surface area contributed by atoms with Crippen LogP contribution in [0, 0.1) is 0 Å². The van der Waals surface area contributed by atoms with Gasteiger partial charge in [-0.2, -0.15) is 0 Å². The molecule has 0 saturated carbocycles. The molecule has 1 rings (SSSR count). The molecule has 0 spiro atoms. The molecule has 0 amide bonds. The molecule has 0 aliphatic rings. The SMILES string of the molecule is CCCC/C=C/CCCCCCCCCc1c(OC)c(OCOC)cc(OC)c1OCOC. The molecule has 0 aromatic heterocycles. The van der Waals surface area contributed by atoms with E-state index in [2.05, 4.69) is 19.1 Å². The summed E-state index contributed by atoms with van der Waals surface area (Å²) in [6, 6.07) is 1.77. The summed E-state index contributed by atoms with van der Waals surface area (Å²) in [4.78, 5) is 0. The average Bonchev–Trinajstić information content (AvgIpc) is 2.84. The Labute approximate surface area is 201 Å². The third-order valence-corrected chi connectivity index (χ3v) is 5.52. The second kappa shape index (κ2) is 19.5. The molecule has 0 heterocycles. The molecule has 0 aliphatic carbocycles. The van der Waals surface area contributed by atoms with Crippen LogP contribution in [0.15, 0.2) is 18.2 Å². The van der Waals surface area contributed by atoms with Crippen LogP contribution < -0.4 is 18.9 Å². The molecule has 6 nitrogen and oxygen atoms in total. The Morgan fingerprint density at radius 2 is 1.24 bits per heavy atom. The van der Waals surface area contributed by atoms with Gasteiger partial charge in [-0.3, -0.25) is 0 Å². The second-order valence-corrected chi connectivity index (χ2v) is 8.15.